The molecule has 2 aromatic carbocycles. The molecular formula is C27H37N3O15. The first kappa shape index (κ1) is 37.6. The van der Waals surface area contributed by atoms with Gasteiger partial charge in [-0.05, 0) is 48.5 Å². The number of carbonyl (C=O) groups excluding carboxylic acids is 3. The number of anilines is 1. The molecule has 2 rings (SSSR count). The molecular weight excluding hydrogens is 606 g/mol. The lowest BCUT2D eigenvalue weighted by Gasteiger charge is -2.28. The number of aliphatic hydroxyl groups is 12. The van der Waals surface area contributed by atoms with Crippen LogP contribution in [0.3, 0.4) is 0 Å². The van der Waals surface area contributed by atoms with Gasteiger partial charge >= 0.3 is 0 Å². The first-order chi connectivity index (χ1) is 21.1. The third-order valence-corrected chi connectivity index (χ3v) is 6.58. The van der Waals surface area contributed by atoms with E-state index in [-0.39, 0.29) is 22.4 Å². The molecule has 18 nitrogen and oxygen atoms in total. The van der Waals surface area contributed by atoms with Crippen LogP contribution in [0, 0.1) is 0 Å². The van der Waals surface area contributed by atoms with Crippen LogP contribution in [0.2, 0.25) is 0 Å². The molecule has 0 fully saturated rings. The molecule has 0 aliphatic carbocycles. The van der Waals surface area contributed by atoms with E-state index >= 15 is 0 Å². The Balaban J connectivity index is 1.94. The van der Waals surface area contributed by atoms with Crippen molar-refractivity contribution >= 4 is 23.4 Å². The summed E-state index contributed by atoms with van der Waals surface area (Å²) in [5, 5.41) is 122. The maximum Gasteiger partial charge on any atom is 0.255 e. The summed E-state index contributed by atoms with van der Waals surface area (Å²) in [6, 6.07) is 10.1. The summed E-state index contributed by atoms with van der Waals surface area (Å²) in [4.78, 5) is 37.4. The molecule has 10 atom stereocenters. The molecule has 0 saturated carbocycles. The first-order valence-corrected chi connectivity index (χ1v) is 13.3. The summed E-state index contributed by atoms with van der Waals surface area (Å²) in [5.41, 5.74) is 0.186. The number of nitrogens with one attached hydrogen (secondary N) is 3. The highest BCUT2D eigenvalue weighted by Crippen LogP contribution is 2.14. The average Bonchev–Trinajstić information content (AvgIpc) is 3.05. The van der Waals surface area contributed by atoms with Gasteiger partial charge in [0.1, 0.15) is 48.8 Å². The molecule has 2 aromatic rings. The quantitative estimate of drug-likeness (QED) is 0.0757. The van der Waals surface area contributed by atoms with E-state index in [0.717, 1.165) is 0 Å². The number of carbonyl (C=O) groups is 3. The number of aliphatic hydroxyl groups excluding tert-OH is 12. The van der Waals surface area contributed by atoms with Crippen molar-refractivity contribution in [3.8, 4) is 0 Å². The van der Waals surface area contributed by atoms with Gasteiger partial charge in [-0.2, -0.15) is 0 Å². The highest BCUT2D eigenvalue weighted by Gasteiger charge is 2.36. The Morgan fingerprint density at radius 1 is 0.467 bits per heavy atom. The Morgan fingerprint density at radius 3 is 1.11 bits per heavy atom. The van der Waals surface area contributed by atoms with Crippen molar-refractivity contribution in [1.82, 2.24) is 10.6 Å². The first-order valence-electron chi connectivity index (χ1n) is 13.3. The predicted octanol–water partition coefficient (Wildman–Crippen LogP) is -6.09. The zero-order valence-corrected chi connectivity index (χ0v) is 23.4. The second-order valence-electron chi connectivity index (χ2n) is 9.89. The van der Waals surface area contributed by atoms with Gasteiger partial charge in [0.2, 0.25) is 0 Å². The van der Waals surface area contributed by atoms with Gasteiger partial charge in [0, 0.05) is 22.4 Å². The van der Waals surface area contributed by atoms with E-state index in [1.807, 2.05) is 10.6 Å². The summed E-state index contributed by atoms with van der Waals surface area (Å²) in [5.74, 6) is -2.48. The van der Waals surface area contributed by atoms with Crippen molar-refractivity contribution in [3.05, 3.63) is 65.2 Å². The van der Waals surface area contributed by atoms with Gasteiger partial charge in [0.25, 0.3) is 17.7 Å². The van der Waals surface area contributed by atoms with Gasteiger partial charge in [-0.15, -0.1) is 0 Å². The fraction of sp³-hybridized carbons (Fsp3) is 0.444. The van der Waals surface area contributed by atoms with Crippen LogP contribution in [0.4, 0.5) is 5.69 Å². The van der Waals surface area contributed by atoms with Crippen LogP contribution < -0.4 is 16.0 Å². The summed E-state index contributed by atoms with van der Waals surface area (Å²) >= 11 is 0. The second-order valence-corrected chi connectivity index (χ2v) is 9.89. The largest absolute Gasteiger partial charge is 0.394 e. The van der Waals surface area contributed by atoms with Crippen LogP contribution >= 0.6 is 0 Å². The summed E-state index contributed by atoms with van der Waals surface area (Å²) < 4.78 is 0. The topological polar surface area (TPSA) is 330 Å². The standard InChI is InChI=1S/C27H37N3O15/c31-9-15(33)17(35)19(37)21(39)26(44)29-24(42)12-3-1-11(2-4-12)23(41)28-14-7-5-13(6-8-14)25(43)30-27(45)22(40)20(38)18(36)16(34)10-32/h1-8,15-22,26-27,31-40,44-45H,9-10H2,(H,28,41)(H,29,42)(H,30,43)/t15-,16-,17+,18+,19+,20+,21+,22+,26?,27?/m0/s1. The minimum Gasteiger partial charge on any atom is -0.394 e. The monoisotopic (exact) mass is 643 g/mol. The third kappa shape index (κ3) is 10.2. The van der Waals surface area contributed by atoms with Crippen LogP contribution in [0.5, 0.6) is 0 Å². The van der Waals surface area contributed by atoms with Gasteiger partial charge in [-0.25, -0.2) is 0 Å². The zero-order valence-electron chi connectivity index (χ0n) is 23.4. The van der Waals surface area contributed by atoms with Crippen LogP contribution in [0.1, 0.15) is 31.1 Å². The van der Waals surface area contributed by atoms with Crippen LogP contribution in [-0.2, 0) is 0 Å². The summed E-state index contributed by atoms with van der Waals surface area (Å²) in [6.45, 7) is -1.87. The smallest absolute Gasteiger partial charge is 0.255 e. The number of benzene rings is 2. The zero-order chi connectivity index (χ0) is 34.0. The average molecular weight is 644 g/mol. The summed E-state index contributed by atoms with van der Waals surface area (Å²) in [7, 11) is 0. The van der Waals surface area contributed by atoms with Crippen LogP contribution in [0.15, 0.2) is 48.5 Å². The number of hydrogen-bond donors (Lipinski definition) is 15. The fourth-order valence-corrected chi connectivity index (χ4v) is 3.74. The third-order valence-electron chi connectivity index (χ3n) is 6.58. The van der Waals surface area contributed by atoms with Crippen LogP contribution in [-0.4, -0.2) is 154 Å². The molecule has 0 heterocycles. The maximum atomic E-state index is 12.6. The van der Waals surface area contributed by atoms with Crippen molar-refractivity contribution in [2.75, 3.05) is 18.5 Å². The van der Waals surface area contributed by atoms with Crippen LogP contribution in [0.25, 0.3) is 0 Å². The number of amides is 3. The Morgan fingerprint density at radius 2 is 0.778 bits per heavy atom. The second kappa shape index (κ2) is 17.2. The van der Waals surface area contributed by atoms with E-state index in [4.69, 9.17) is 10.2 Å². The molecule has 0 aliphatic heterocycles. The van der Waals surface area contributed by atoms with E-state index in [2.05, 4.69) is 5.32 Å². The molecule has 15 N–H and O–H groups in total. The van der Waals surface area contributed by atoms with Crippen molar-refractivity contribution in [2.24, 2.45) is 0 Å². The van der Waals surface area contributed by atoms with Crippen molar-refractivity contribution in [1.29, 1.82) is 0 Å². The van der Waals surface area contributed by atoms with Gasteiger partial charge < -0.3 is 77.2 Å². The molecule has 250 valence electrons. The minimum absolute atomic E-state index is 0.0426. The highest BCUT2D eigenvalue weighted by molar-refractivity contribution is 6.05. The number of hydrogen-bond acceptors (Lipinski definition) is 15. The fourth-order valence-electron chi connectivity index (χ4n) is 3.74. The Labute approximate surface area is 255 Å². The molecule has 3 amide bonds. The molecule has 0 aromatic heterocycles. The van der Waals surface area contributed by atoms with Crippen molar-refractivity contribution in [3.63, 3.8) is 0 Å². The van der Waals surface area contributed by atoms with Crippen molar-refractivity contribution in [2.45, 2.75) is 61.3 Å². The normalized spacial score (nSPS) is 18.2. The molecule has 18 heteroatoms. The van der Waals surface area contributed by atoms with E-state index < -0.39 is 92.2 Å². The highest BCUT2D eigenvalue weighted by atomic mass is 16.4. The Bertz CT molecular complexity index is 1250. The summed E-state index contributed by atoms with van der Waals surface area (Å²) in [6.07, 6.45) is -20.3. The van der Waals surface area contributed by atoms with Gasteiger partial charge in [-0.1, -0.05) is 0 Å². The molecule has 0 radical (unpaired) electrons. The molecule has 0 saturated heterocycles. The molecule has 45 heavy (non-hydrogen) atoms. The maximum absolute atomic E-state index is 12.6. The number of rotatable bonds is 16. The van der Waals surface area contributed by atoms with Gasteiger partial charge in [-0.3, -0.25) is 14.4 Å². The Hall–Kier alpha value is -3.63. The van der Waals surface area contributed by atoms with Gasteiger partial charge in [0.05, 0.1) is 13.2 Å². The van der Waals surface area contributed by atoms with Crippen molar-refractivity contribution < 1.29 is 75.7 Å². The lowest BCUT2D eigenvalue weighted by atomic mass is 10.0. The van der Waals surface area contributed by atoms with E-state index in [0.29, 0.717) is 0 Å². The lowest BCUT2D eigenvalue weighted by Crippen LogP contribution is -2.54. The Kier molecular flexibility index (Phi) is 14.3. The molecule has 2 unspecified atom stereocenters. The lowest BCUT2D eigenvalue weighted by molar-refractivity contribution is -0.143. The van der Waals surface area contributed by atoms with E-state index in [1.165, 1.54) is 48.5 Å². The predicted molar refractivity (Wildman–Crippen MR) is 150 cm³/mol. The molecule has 0 bridgehead atoms. The molecule has 0 spiro atoms. The van der Waals surface area contributed by atoms with Gasteiger partial charge in [0.15, 0.2) is 12.5 Å². The SMILES string of the molecule is O=C(Nc1ccc(C(=O)NC(O)[C@H](O)[C@H](O)[C@H](O)[C@@H](O)CO)cc1)c1ccc(C(=O)NC(O)[C@H](O)[C@H](O)[C@H](O)[C@@H](O)CO)cc1. The molecule has 0 aliphatic rings. The van der Waals surface area contributed by atoms with E-state index in [1.54, 1.807) is 0 Å². The minimum atomic E-state index is -2.14. The van der Waals surface area contributed by atoms with E-state index in [9.17, 15) is 65.4 Å².